The summed E-state index contributed by atoms with van der Waals surface area (Å²) in [5.74, 6) is 0.558. The molecule has 2 aromatic carbocycles. The number of hydrogen-bond acceptors (Lipinski definition) is 4. The minimum atomic E-state index is -0.134. The maximum Gasteiger partial charge on any atom is 0.259 e. The van der Waals surface area contributed by atoms with E-state index in [4.69, 9.17) is 0 Å². The second kappa shape index (κ2) is 5.46. The van der Waals surface area contributed by atoms with Gasteiger partial charge in [0, 0.05) is 17.3 Å². The fraction of sp³-hybridized carbons (Fsp3) is 0. The van der Waals surface area contributed by atoms with E-state index in [1.54, 1.807) is 12.3 Å². The maximum atomic E-state index is 12.1. The van der Waals surface area contributed by atoms with Gasteiger partial charge in [0.15, 0.2) is 0 Å². The molecule has 2 heterocycles. The number of benzene rings is 2. The van der Waals surface area contributed by atoms with Crippen LogP contribution in [0.15, 0.2) is 71.9 Å². The first-order chi connectivity index (χ1) is 11.3. The van der Waals surface area contributed by atoms with Gasteiger partial charge in [-0.15, -0.1) is 0 Å². The Labute approximate surface area is 131 Å². The molecule has 5 nitrogen and oxygen atoms in total. The second-order valence-corrected chi connectivity index (χ2v) is 5.10. The smallest absolute Gasteiger partial charge is 0.259 e. The highest BCUT2D eigenvalue weighted by atomic mass is 16.1. The lowest BCUT2D eigenvalue weighted by molar-refractivity contribution is 1.17. The lowest BCUT2D eigenvalue weighted by Crippen LogP contribution is -2.09. The third-order valence-corrected chi connectivity index (χ3v) is 3.65. The van der Waals surface area contributed by atoms with Crippen molar-refractivity contribution in [2.24, 2.45) is 0 Å². The second-order valence-electron chi connectivity index (χ2n) is 5.10. The van der Waals surface area contributed by atoms with Gasteiger partial charge in [-0.05, 0) is 18.2 Å². The van der Waals surface area contributed by atoms with Gasteiger partial charge in [0.25, 0.3) is 5.56 Å². The molecule has 0 aliphatic heterocycles. The van der Waals surface area contributed by atoms with Crippen LogP contribution in [0.2, 0.25) is 0 Å². The molecule has 0 aliphatic carbocycles. The largest absolute Gasteiger partial charge is 0.306 e. The molecule has 23 heavy (non-hydrogen) atoms. The van der Waals surface area contributed by atoms with Crippen LogP contribution in [0.4, 0.5) is 0 Å². The first-order valence-electron chi connectivity index (χ1n) is 7.17. The summed E-state index contributed by atoms with van der Waals surface area (Å²) < 4.78 is 0. The van der Waals surface area contributed by atoms with Gasteiger partial charge >= 0.3 is 0 Å². The third kappa shape index (κ3) is 2.48. The van der Waals surface area contributed by atoms with Crippen molar-refractivity contribution in [2.75, 3.05) is 0 Å². The van der Waals surface area contributed by atoms with Crippen LogP contribution >= 0.6 is 0 Å². The standard InChI is InChI=1S/C18H12N4O/c23-18-14-3-1-2-4-16(14)21-17(22-18)13-7-5-12(6-8-13)15-9-10-19-11-20-15/h1-11H,(H,21,22,23). The van der Waals surface area contributed by atoms with Crippen molar-refractivity contribution >= 4 is 10.9 Å². The summed E-state index contributed by atoms with van der Waals surface area (Å²) in [5, 5.41) is 0.592. The molecule has 0 spiro atoms. The molecule has 4 aromatic rings. The molecule has 4 rings (SSSR count). The molecule has 0 fully saturated rings. The molecule has 2 aromatic heterocycles. The zero-order chi connectivity index (χ0) is 15.6. The number of aromatic nitrogens is 4. The summed E-state index contributed by atoms with van der Waals surface area (Å²) in [7, 11) is 0. The van der Waals surface area contributed by atoms with Crippen molar-refractivity contribution in [1.29, 1.82) is 0 Å². The van der Waals surface area contributed by atoms with Crippen LogP contribution in [-0.4, -0.2) is 19.9 Å². The molecule has 110 valence electrons. The normalized spacial score (nSPS) is 10.8. The predicted molar refractivity (Wildman–Crippen MR) is 88.8 cm³/mol. The number of hydrogen-bond donors (Lipinski definition) is 1. The number of nitrogens with one attached hydrogen (secondary N) is 1. The highest BCUT2D eigenvalue weighted by molar-refractivity contribution is 5.79. The Morgan fingerprint density at radius 2 is 1.65 bits per heavy atom. The quantitative estimate of drug-likeness (QED) is 0.617. The Hall–Kier alpha value is -3.34. The van der Waals surface area contributed by atoms with Crippen LogP contribution < -0.4 is 5.56 Å². The fourth-order valence-electron chi connectivity index (χ4n) is 2.48. The lowest BCUT2D eigenvalue weighted by atomic mass is 10.1. The zero-order valence-corrected chi connectivity index (χ0v) is 12.1. The highest BCUT2D eigenvalue weighted by Gasteiger charge is 2.06. The first kappa shape index (κ1) is 13.3. The van der Waals surface area contributed by atoms with E-state index in [9.17, 15) is 4.79 Å². The Balaban J connectivity index is 1.78. The van der Waals surface area contributed by atoms with E-state index in [1.807, 2.05) is 48.5 Å². The molecule has 0 amide bonds. The molecule has 0 bridgehead atoms. The van der Waals surface area contributed by atoms with Gasteiger partial charge in [-0.2, -0.15) is 0 Å². The van der Waals surface area contributed by atoms with Crippen LogP contribution in [0.1, 0.15) is 0 Å². The average Bonchev–Trinajstić information content (AvgIpc) is 2.63. The van der Waals surface area contributed by atoms with Crippen molar-refractivity contribution in [3.63, 3.8) is 0 Å². The van der Waals surface area contributed by atoms with Gasteiger partial charge in [0.2, 0.25) is 0 Å². The number of nitrogens with zero attached hydrogens (tertiary/aromatic N) is 3. The van der Waals surface area contributed by atoms with Crippen molar-refractivity contribution in [2.45, 2.75) is 0 Å². The predicted octanol–water partition coefficient (Wildman–Crippen LogP) is 3.05. The minimum Gasteiger partial charge on any atom is -0.306 e. The molecule has 0 atom stereocenters. The average molecular weight is 300 g/mol. The number of H-pyrrole nitrogens is 1. The summed E-state index contributed by atoms with van der Waals surface area (Å²) in [6.45, 7) is 0. The van der Waals surface area contributed by atoms with Gasteiger partial charge in [0.05, 0.1) is 16.6 Å². The van der Waals surface area contributed by atoms with Gasteiger partial charge in [-0.1, -0.05) is 36.4 Å². The maximum absolute atomic E-state index is 12.1. The summed E-state index contributed by atoms with van der Waals surface area (Å²) in [6, 6.07) is 16.9. The third-order valence-electron chi connectivity index (χ3n) is 3.65. The van der Waals surface area contributed by atoms with Crippen molar-refractivity contribution in [3.8, 4) is 22.6 Å². The number of aromatic amines is 1. The SMILES string of the molecule is O=c1[nH]c(-c2ccc(-c3ccncn3)cc2)nc2ccccc12. The molecule has 5 heteroatoms. The summed E-state index contributed by atoms with van der Waals surface area (Å²) in [4.78, 5) is 27.6. The van der Waals surface area contributed by atoms with Gasteiger partial charge in [-0.3, -0.25) is 4.79 Å². The van der Waals surface area contributed by atoms with E-state index < -0.39 is 0 Å². The van der Waals surface area contributed by atoms with Crippen LogP contribution in [-0.2, 0) is 0 Å². The molecule has 0 aliphatic rings. The summed E-state index contributed by atoms with van der Waals surface area (Å²) in [5.41, 5.74) is 3.24. The zero-order valence-electron chi connectivity index (χ0n) is 12.1. The summed E-state index contributed by atoms with van der Waals surface area (Å²) in [6.07, 6.45) is 3.23. The van der Waals surface area contributed by atoms with E-state index in [0.717, 1.165) is 16.8 Å². The van der Waals surface area contributed by atoms with E-state index in [0.29, 0.717) is 16.7 Å². The van der Waals surface area contributed by atoms with Crippen molar-refractivity contribution in [1.82, 2.24) is 19.9 Å². The van der Waals surface area contributed by atoms with Crippen LogP contribution in [0, 0.1) is 0 Å². The van der Waals surface area contributed by atoms with Crippen LogP contribution in [0.5, 0.6) is 0 Å². The Kier molecular flexibility index (Phi) is 3.16. The summed E-state index contributed by atoms with van der Waals surface area (Å²) >= 11 is 0. The number of rotatable bonds is 2. The van der Waals surface area contributed by atoms with Gasteiger partial charge in [-0.25, -0.2) is 15.0 Å². The van der Waals surface area contributed by atoms with E-state index >= 15 is 0 Å². The molecule has 0 saturated heterocycles. The molecule has 1 N–H and O–H groups in total. The van der Waals surface area contributed by atoms with Crippen LogP contribution in [0.25, 0.3) is 33.5 Å². The van der Waals surface area contributed by atoms with Crippen molar-refractivity contribution < 1.29 is 0 Å². The highest BCUT2D eigenvalue weighted by Crippen LogP contribution is 2.21. The first-order valence-corrected chi connectivity index (χ1v) is 7.17. The topological polar surface area (TPSA) is 71.5 Å². The fourth-order valence-corrected chi connectivity index (χ4v) is 2.48. The minimum absolute atomic E-state index is 0.134. The Bertz CT molecular complexity index is 1020. The van der Waals surface area contributed by atoms with Crippen molar-refractivity contribution in [3.05, 3.63) is 77.5 Å². The molecular formula is C18H12N4O. The van der Waals surface area contributed by atoms with Gasteiger partial charge < -0.3 is 4.98 Å². The monoisotopic (exact) mass is 300 g/mol. The Morgan fingerprint density at radius 1 is 0.870 bits per heavy atom. The van der Waals surface area contributed by atoms with E-state index in [-0.39, 0.29) is 5.56 Å². The molecule has 0 saturated carbocycles. The van der Waals surface area contributed by atoms with E-state index in [2.05, 4.69) is 19.9 Å². The molecule has 0 unspecified atom stereocenters. The van der Waals surface area contributed by atoms with E-state index in [1.165, 1.54) is 6.33 Å². The Morgan fingerprint density at radius 3 is 2.43 bits per heavy atom. The number of para-hydroxylation sites is 1. The van der Waals surface area contributed by atoms with Gasteiger partial charge in [0.1, 0.15) is 12.2 Å². The number of fused-ring (bicyclic) bond motifs is 1. The lowest BCUT2D eigenvalue weighted by Gasteiger charge is -2.05. The molecule has 0 radical (unpaired) electrons. The van der Waals surface area contributed by atoms with Crippen LogP contribution in [0.3, 0.4) is 0 Å². The molecular weight excluding hydrogens is 288 g/mol.